The van der Waals surface area contributed by atoms with Crippen molar-refractivity contribution in [3.63, 3.8) is 0 Å². The molecule has 1 aliphatic rings. The summed E-state index contributed by atoms with van der Waals surface area (Å²) in [6.07, 6.45) is 1.61. The molecule has 2 heterocycles. The van der Waals surface area contributed by atoms with Crippen molar-refractivity contribution >= 4 is 10.0 Å². The lowest BCUT2D eigenvalue weighted by Gasteiger charge is -2.22. The molecule has 1 unspecified atom stereocenters. The molecule has 96 valence electrons. The number of hydrogen-bond acceptors (Lipinski definition) is 5. The number of aryl methyl sites for hydroxylation is 1. The maximum Gasteiger partial charge on any atom is 0.216 e. The highest BCUT2D eigenvalue weighted by Gasteiger charge is 2.26. The number of hydrogen-bond donors (Lipinski definition) is 2. The van der Waals surface area contributed by atoms with E-state index in [-0.39, 0.29) is 11.8 Å². The Hall–Kier alpha value is -0.920. The predicted octanol–water partition coefficient (Wildman–Crippen LogP) is 0.154. The molecule has 1 aromatic heterocycles. The minimum absolute atomic E-state index is 0.191. The number of nitrogens with zero attached hydrogens (tertiary/aromatic N) is 1. The maximum atomic E-state index is 12.0. The highest BCUT2D eigenvalue weighted by Crippen LogP contribution is 2.11. The summed E-state index contributed by atoms with van der Waals surface area (Å²) in [5.74, 6) is 0.679. The number of nitrogens with one attached hydrogen (secondary N) is 2. The second-order valence-corrected chi connectivity index (χ2v) is 6.31. The van der Waals surface area contributed by atoms with Crippen LogP contribution in [-0.4, -0.2) is 31.9 Å². The third kappa shape index (κ3) is 3.27. The number of aromatic nitrogens is 1. The van der Waals surface area contributed by atoms with Gasteiger partial charge in [0.15, 0.2) is 0 Å². The van der Waals surface area contributed by atoms with E-state index in [2.05, 4.69) is 15.2 Å². The van der Waals surface area contributed by atoms with Gasteiger partial charge >= 0.3 is 0 Å². The highest BCUT2D eigenvalue weighted by atomic mass is 32.2. The molecule has 7 heteroatoms. The second kappa shape index (κ2) is 5.16. The summed E-state index contributed by atoms with van der Waals surface area (Å²) in [7, 11) is -3.27. The van der Waals surface area contributed by atoms with E-state index in [1.807, 2.05) is 0 Å². The quantitative estimate of drug-likeness (QED) is 0.804. The summed E-state index contributed by atoms with van der Waals surface area (Å²) in [4.78, 5) is 0. The fraction of sp³-hybridized carbons (Fsp3) is 0.700. The zero-order chi connectivity index (χ0) is 12.3. The van der Waals surface area contributed by atoms with E-state index < -0.39 is 10.0 Å². The highest BCUT2D eigenvalue weighted by molar-refractivity contribution is 7.90. The van der Waals surface area contributed by atoms with Crippen molar-refractivity contribution < 1.29 is 12.9 Å². The van der Waals surface area contributed by atoms with Crippen molar-refractivity contribution in [3.8, 4) is 0 Å². The van der Waals surface area contributed by atoms with Crippen LogP contribution in [0.5, 0.6) is 0 Å². The number of piperidine rings is 1. The van der Waals surface area contributed by atoms with Crippen LogP contribution in [-0.2, 0) is 16.6 Å². The molecular formula is C10H17N3O3S. The largest absolute Gasteiger partial charge is 0.361 e. The first-order valence-corrected chi connectivity index (χ1v) is 7.24. The minimum atomic E-state index is -3.27. The van der Waals surface area contributed by atoms with Crippen LogP contribution in [0.15, 0.2) is 10.6 Å². The van der Waals surface area contributed by atoms with Gasteiger partial charge in [-0.05, 0) is 26.3 Å². The summed E-state index contributed by atoms with van der Waals surface area (Å²) < 4.78 is 31.4. The maximum absolute atomic E-state index is 12.0. The van der Waals surface area contributed by atoms with Crippen LogP contribution in [0, 0.1) is 6.92 Å². The van der Waals surface area contributed by atoms with Gasteiger partial charge in [-0.3, -0.25) is 0 Å². The molecule has 1 aromatic rings. The lowest BCUT2D eigenvalue weighted by atomic mass is 10.2. The molecule has 0 aromatic carbocycles. The van der Waals surface area contributed by atoms with Crippen molar-refractivity contribution in [1.82, 2.24) is 15.2 Å². The van der Waals surface area contributed by atoms with E-state index in [9.17, 15) is 8.42 Å². The lowest BCUT2D eigenvalue weighted by molar-refractivity contribution is 0.389. The molecule has 0 saturated carbocycles. The molecule has 2 N–H and O–H groups in total. The van der Waals surface area contributed by atoms with Crippen LogP contribution in [0.3, 0.4) is 0 Å². The van der Waals surface area contributed by atoms with Crippen LogP contribution in [0.25, 0.3) is 0 Å². The van der Waals surface area contributed by atoms with Gasteiger partial charge in [-0.15, -0.1) is 0 Å². The van der Waals surface area contributed by atoms with Gasteiger partial charge in [0, 0.05) is 12.6 Å². The lowest BCUT2D eigenvalue weighted by Crippen LogP contribution is -2.44. The summed E-state index contributed by atoms with van der Waals surface area (Å²) in [5, 5.41) is 6.49. The Morgan fingerprint density at radius 2 is 2.47 bits per heavy atom. The minimum Gasteiger partial charge on any atom is -0.361 e. The van der Waals surface area contributed by atoms with Crippen LogP contribution in [0.4, 0.5) is 0 Å². The molecule has 1 fully saturated rings. The Morgan fingerprint density at radius 1 is 1.65 bits per heavy atom. The van der Waals surface area contributed by atoms with E-state index in [1.165, 1.54) is 0 Å². The van der Waals surface area contributed by atoms with Crippen molar-refractivity contribution in [1.29, 1.82) is 0 Å². The van der Waals surface area contributed by atoms with Gasteiger partial charge in [0.25, 0.3) is 0 Å². The first-order chi connectivity index (χ1) is 8.08. The summed E-state index contributed by atoms with van der Waals surface area (Å²) >= 11 is 0. The van der Waals surface area contributed by atoms with E-state index in [1.54, 1.807) is 13.0 Å². The van der Waals surface area contributed by atoms with Gasteiger partial charge in [-0.25, -0.2) is 13.1 Å². The van der Waals surface area contributed by atoms with Crippen LogP contribution < -0.4 is 10.0 Å². The predicted molar refractivity (Wildman–Crippen MR) is 62.9 cm³/mol. The van der Waals surface area contributed by atoms with Crippen LogP contribution in [0.1, 0.15) is 24.3 Å². The average Bonchev–Trinajstić information content (AvgIpc) is 2.74. The smallest absolute Gasteiger partial charge is 0.216 e. The van der Waals surface area contributed by atoms with E-state index in [4.69, 9.17) is 4.52 Å². The van der Waals surface area contributed by atoms with Crippen molar-refractivity contribution in [2.45, 2.75) is 31.6 Å². The molecule has 0 spiro atoms. The van der Waals surface area contributed by atoms with Crippen LogP contribution in [0.2, 0.25) is 0 Å². The Morgan fingerprint density at radius 3 is 3.06 bits per heavy atom. The Kier molecular flexibility index (Phi) is 3.80. The first kappa shape index (κ1) is 12.5. The molecule has 1 atom stereocenters. The monoisotopic (exact) mass is 259 g/mol. The zero-order valence-corrected chi connectivity index (χ0v) is 10.6. The molecule has 0 bridgehead atoms. The Balaban J connectivity index is 1.92. The molecule has 0 radical (unpaired) electrons. The van der Waals surface area contributed by atoms with Crippen molar-refractivity contribution in [3.05, 3.63) is 17.5 Å². The summed E-state index contributed by atoms with van der Waals surface area (Å²) in [6, 6.07) is 1.72. The van der Waals surface area contributed by atoms with Crippen molar-refractivity contribution in [2.24, 2.45) is 0 Å². The SMILES string of the molecule is Cc1cc(CNS(=O)(=O)C2CCCNC2)no1. The topological polar surface area (TPSA) is 84.2 Å². The van der Waals surface area contributed by atoms with Gasteiger partial charge in [-0.2, -0.15) is 0 Å². The van der Waals surface area contributed by atoms with Gasteiger partial charge in [0.2, 0.25) is 10.0 Å². The molecule has 0 aliphatic carbocycles. The molecule has 17 heavy (non-hydrogen) atoms. The standard InChI is InChI=1S/C10H17N3O3S/c1-8-5-9(13-16-8)6-12-17(14,15)10-3-2-4-11-7-10/h5,10-12H,2-4,6-7H2,1H3. The molecule has 0 amide bonds. The van der Waals surface area contributed by atoms with Crippen LogP contribution >= 0.6 is 0 Å². The van der Waals surface area contributed by atoms with E-state index in [0.29, 0.717) is 24.4 Å². The Labute approximate surface area is 101 Å². The van der Waals surface area contributed by atoms with Gasteiger partial charge in [0.1, 0.15) is 5.76 Å². The van der Waals surface area contributed by atoms with Gasteiger partial charge in [-0.1, -0.05) is 5.16 Å². The van der Waals surface area contributed by atoms with E-state index >= 15 is 0 Å². The number of rotatable bonds is 4. The molecule has 1 saturated heterocycles. The third-order valence-corrected chi connectivity index (χ3v) is 4.65. The fourth-order valence-corrected chi connectivity index (χ4v) is 3.28. The summed E-state index contributed by atoms with van der Waals surface area (Å²) in [6.45, 7) is 3.38. The average molecular weight is 259 g/mol. The van der Waals surface area contributed by atoms with Gasteiger partial charge < -0.3 is 9.84 Å². The molecular weight excluding hydrogens is 242 g/mol. The normalized spacial score (nSPS) is 21.6. The molecule has 2 rings (SSSR count). The number of sulfonamides is 1. The third-order valence-electron chi connectivity index (χ3n) is 2.82. The van der Waals surface area contributed by atoms with Gasteiger partial charge in [0.05, 0.1) is 17.5 Å². The second-order valence-electron chi connectivity index (χ2n) is 4.26. The zero-order valence-electron chi connectivity index (χ0n) is 9.77. The molecule has 1 aliphatic heterocycles. The summed E-state index contributed by atoms with van der Waals surface area (Å²) in [5.41, 5.74) is 0.606. The fourth-order valence-electron chi connectivity index (χ4n) is 1.88. The molecule has 6 nitrogen and oxygen atoms in total. The van der Waals surface area contributed by atoms with Crippen molar-refractivity contribution in [2.75, 3.05) is 13.1 Å². The Bertz CT molecular complexity index is 463. The first-order valence-electron chi connectivity index (χ1n) is 5.69. The van der Waals surface area contributed by atoms with E-state index in [0.717, 1.165) is 13.0 Å².